The summed E-state index contributed by atoms with van der Waals surface area (Å²) in [6.07, 6.45) is 6.88. The fourth-order valence-electron chi connectivity index (χ4n) is 2.46. The van der Waals surface area contributed by atoms with Crippen molar-refractivity contribution < 1.29 is 9.63 Å². The van der Waals surface area contributed by atoms with E-state index >= 15 is 0 Å². The highest BCUT2D eigenvalue weighted by atomic mass is 16.5. The van der Waals surface area contributed by atoms with E-state index in [1.807, 2.05) is 12.3 Å². The van der Waals surface area contributed by atoms with Crippen molar-refractivity contribution in [3.05, 3.63) is 35.7 Å². The van der Waals surface area contributed by atoms with E-state index in [0.717, 1.165) is 37.8 Å². The zero-order valence-electron chi connectivity index (χ0n) is 9.54. The number of nitrogens with zero attached hydrogens (tertiary/aromatic N) is 3. The predicted octanol–water partition coefficient (Wildman–Crippen LogP) is 1.48. The number of hydrogen-bond donors (Lipinski definition) is 1. The standard InChI is InChI=1S/C12H15N3O2/c16-11-3-1-2-10-9(11)4-6-15(10)7-5-12-13-8-14-17-12/h4,6,8,11,16H,1-3,5,7H2. The predicted molar refractivity (Wildman–Crippen MR) is 60.3 cm³/mol. The second-order valence-electron chi connectivity index (χ2n) is 4.40. The van der Waals surface area contributed by atoms with E-state index in [1.54, 1.807) is 0 Å². The third kappa shape index (κ3) is 1.98. The molecule has 5 heteroatoms. The highest BCUT2D eigenvalue weighted by Crippen LogP contribution is 2.30. The number of fused-ring (bicyclic) bond motifs is 1. The molecule has 90 valence electrons. The van der Waals surface area contributed by atoms with Gasteiger partial charge in [0.15, 0.2) is 6.33 Å². The van der Waals surface area contributed by atoms with Crippen molar-refractivity contribution in [1.29, 1.82) is 0 Å². The number of hydrogen-bond acceptors (Lipinski definition) is 4. The lowest BCUT2D eigenvalue weighted by Crippen LogP contribution is -2.12. The normalized spacial score (nSPS) is 19.2. The van der Waals surface area contributed by atoms with Crippen LogP contribution in [0.25, 0.3) is 0 Å². The highest BCUT2D eigenvalue weighted by Gasteiger charge is 2.20. The van der Waals surface area contributed by atoms with E-state index in [0.29, 0.717) is 5.89 Å². The minimum absolute atomic E-state index is 0.289. The van der Waals surface area contributed by atoms with E-state index in [2.05, 4.69) is 14.7 Å². The molecular weight excluding hydrogens is 218 g/mol. The van der Waals surface area contributed by atoms with Gasteiger partial charge in [0.2, 0.25) is 5.89 Å². The average molecular weight is 233 g/mol. The SMILES string of the molecule is OC1CCCc2c1ccn2CCc1ncno1. The Labute approximate surface area is 99.1 Å². The van der Waals surface area contributed by atoms with Gasteiger partial charge in [0.25, 0.3) is 0 Å². The van der Waals surface area contributed by atoms with Gasteiger partial charge in [-0.05, 0) is 25.3 Å². The van der Waals surface area contributed by atoms with Crippen molar-refractivity contribution in [2.45, 2.75) is 38.3 Å². The number of aryl methyl sites for hydroxylation is 2. The lowest BCUT2D eigenvalue weighted by molar-refractivity contribution is 0.155. The summed E-state index contributed by atoms with van der Waals surface area (Å²) in [6.45, 7) is 0.824. The summed E-state index contributed by atoms with van der Waals surface area (Å²) in [6, 6.07) is 2.02. The van der Waals surface area contributed by atoms with E-state index in [-0.39, 0.29) is 6.10 Å². The molecule has 0 saturated heterocycles. The number of aliphatic hydroxyl groups excluding tert-OH is 1. The van der Waals surface area contributed by atoms with Gasteiger partial charge in [-0.1, -0.05) is 5.16 Å². The second-order valence-corrected chi connectivity index (χ2v) is 4.40. The van der Waals surface area contributed by atoms with Crippen molar-refractivity contribution >= 4 is 0 Å². The quantitative estimate of drug-likeness (QED) is 0.872. The van der Waals surface area contributed by atoms with Gasteiger partial charge in [-0.25, -0.2) is 0 Å². The molecule has 2 aromatic heterocycles. The zero-order chi connectivity index (χ0) is 11.7. The Morgan fingerprint density at radius 1 is 1.53 bits per heavy atom. The van der Waals surface area contributed by atoms with Crippen molar-refractivity contribution in [2.24, 2.45) is 0 Å². The Morgan fingerprint density at radius 3 is 3.29 bits per heavy atom. The molecule has 17 heavy (non-hydrogen) atoms. The number of aliphatic hydroxyl groups is 1. The summed E-state index contributed by atoms with van der Waals surface area (Å²) in [5, 5.41) is 13.5. The van der Waals surface area contributed by atoms with Crippen molar-refractivity contribution in [2.75, 3.05) is 0 Å². The molecule has 1 aliphatic rings. The van der Waals surface area contributed by atoms with Crippen LogP contribution in [0.2, 0.25) is 0 Å². The Hall–Kier alpha value is -1.62. The van der Waals surface area contributed by atoms with Crippen LogP contribution in [-0.2, 0) is 19.4 Å². The van der Waals surface area contributed by atoms with E-state index in [9.17, 15) is 5.11 Å². The molecule has 0 saturated carbocycles. The summed E-state index contributed by atoms with van der Waals surface area (Å²) < 4.78 is 7.16. The van der Waals surface area contributed by atoms with Crippen LogP contribution < -0.4 is 0 Å². The van der Waals surface area contributed by atoms with Crippen molar-refractivity contribution in [3.63, 3.8) is 0 Å². The van der Waals surface area contributed by atoms with Crippen LogP contribution in [0.1, 0.15) is 36.1 Å². The van der Waals surface area contributed by atoms with E-state index < -0.39 is 0 Å². The van der Waals surface area contributed by atoms with Crippen molar-refractivity contribution in [1.82, 2.24) is 14.7 Å². The summed E-state index contributed by atoms with van der Waals surface area (Å²) in [5.41, 5.74) is 2.34. The first kappa shape index (κ1) is 10.5. The first-order valence-electron chi connectivity index (χ1n) is 5.96. The minimum atomic E-state index is -0.289. The molecule has 5 nitrogen and oxygen atoms in total. The van der Waals surface area contributed by atoms with Gasteiger partial charge in [-0.15, -0.1) is 0 Å². The fraction of sp³-hybridized carbons (Fsp3) is 0.500. The van der Waals surface area contributed by atoms with Gasteiger partial charge in [0, 0.05) is 30.4 Å². The molecule has 0 bridgehead atoms. The first-order valence-corrected chi connectivity index (χ1v) is 5.96. The Bertz CT molecular complexity index is 490. The van der Waals surface area contributed by atoms with Gasteiger partial charge in [0.1, 0.15) is 0 Å². The molecule has 1 aliphatic carbocycles. The Morgan fingerprint density at radius 2 is 2.47 bits per heavy atom. The average Bonchev–Trinajstić information content (AvgIpc) is 2.95. The minimum Gasteiger partial charge on any atom is -0.388 e. The third-order valence-corrected chi connectivity index (χ3v) is 3.34. The molecular formula is C12H15N3O2. The molecule has 1 atom stereocenters. The van der Waals surface area contributed by atoms with Crippen molar-refractivity contribution in [3.8, 4) is 0 Å². The number of aromatic nitrogens is 3. The molecule has 2 aromatic rings. The van der Waals surface area contributed by atoms with Crippen LogP contribution in [0.15, 0.2) is 23.1 Å². The monoisotopic (exact) mass is 233 g/mol. The van der Waals surface area contributed by atoms with Crippen LogP contribution in [-0.4, -0.2) is 19.8 Å². The van der Waals surface area contributed by atoms with Gasteiger partial charge in [0.05, 0.1) is 6.10 Å². The molecule has 3 rings (SSSR count). The molecule has 0 amide bonds. The van der Waals surface area contributed by atoms with Crippen LogP contribution in [0, 0.1) is 0 Å². The molecule has 0 spiro atoms. The summed E-state index contributed by atoms with van der Waals surface area (Å²) >= 11 is 0. The second kappa shape index (κ2) is 4.33. The van der Waals surface area contributed by atoms with Crippen LogP contribution in [0.5, 0.6) is 0 Å². The zero-order valence-corrected chi connectivity index (χ0v) is 9.54. The number of rotatable bonds is 3. The van der Waals surface area contributed by atoms with Gasteiger partial charge in [-0.2, -0.15) is 4.98 Å². The van der Waals surface area contributed by atoms with Gasteiger partial charge >= 0.3 is 0 Å². The summed E-state index contributed by atoms with van der Waals surface area (Å²) in [7, 11) is 0. The maximum Gasteiger partial charge on any atom is 0.228 e. The lowest BCUT2D eigenvalue weighted by atomic mass is 9.95. The third-order valence-electron chi connectivity index (χ3n) is 3.34. The van der Waals surface area contributed by atoms with Crippen LogP contribution >= 0.6 is 0 Å². The fourth-order valence-corrected chi connectivity index (χ4v) is 2.46. The van der Waals surface area contributed by atoms with Crippen LogP contribution in [0.4, 0.5) is 0 Å². The maximum absolute atomic E-state index is 9.87. The largest absolute Gasteiger partial charge is 0.388 e. The van der Waals surface area contributed by atoms with Gasteiger partial charge in [-0.3, -0.25) is 0 Å². The molecule has 0 aliphatic heterocycles. The van der Waals surface area contributed by atoms with Gasteiger partial charge < -0.3 is 14.2 Å². The van der Waals surface area contributed by atoms with Crippen LogP contribution in [0.3, 0.4) is 0 Å². The maximum atomic E-state index is 9.87. The smallest absolute Gasteiger partial charge is 0.228 e. The molecule has 1 N–H and O–H groups in total. The summed E-state index contributed by atoms with van der Waals surface area (Å²) in [4.78, 5) is 4.00. The van der Waals surface area contributed by atoms with E-state index in [1.165, 1.54) is 12.0 Å². The Kier molecular flexibility index (Phi) is 2.68. The first-order chi connectivity index (χ1) is 8.34. The highest BCUT2D eigenvalue weighted by molar-refractivity contribution is 5.27. The molecule has 0 aromatic carbocycles. The molecule has 2 heterocycles. The van der Waals surface area contributed by atoms with E-state index in [4.69, 9.17) is 4.52 Å². The topological polar surface area (TPSA) is 64.1 Å². The Balaban J connectivity index is 1.75. The summed E-state index contributed by atoms with van der Waals surface area (Å²) in [5.74, 6) is 0.656. The molecule has 1 unspecified atom stereocenters. The lowest BCUT2D eigenvalue weighted by Gasteiger charge is -2.19. The molecule has 0 fully saturated rings. The molecule has 0 radical (unpaired) electrons.